The maximum Gasteiger partial charge on any atom is 0.183 e. The Labute approximate surface area is 79.1 Å². The van der Waals surface area contributed by atoms with Crippen molar-refractivity contribution in [2.75, 3.05) is 12.0 Å². The zero-order chi connectivity index (χ0) is 10.1. The van der Waals surface area contributed by atoms with Gasteiger partial charge in [0.1, 0.15) is 0 Å². The largest absolute Gasteiger partial charge is 0.271 e. The predicted octanol–water partition coefficient (Wildman–Crippen LogP) is 1.48. The van der Waals surface area contributed by atoms with Gasteiger partial charge < -0.3 is 0 Å². The van der Waals surface area contributed by atoms with Crippen LogP contribution in [0.4, 0.5) is 5.82 Å². The minimum Gasteiger partial charge on any atom is -0.271 e. The molecule has 1 atom stereocenters. The van der Waals surface area contributed by atoms with E-state index in [0.29, 0.717) is 11.6 Å². The summed E-state index contributed by atoms with van der Waals surface area (Å²) in [7, 11) is -0.232. The highest BCUT2D eigenvalue weighted by Crippen LogP contribution is 2.13. The van der Waals surface area contributed by atoms with E-state index < -0.39 is 9.73 Å². The minimum atomic E-state index is -2.08. The molecular weight excluding hydrogens is 186 g/mol. The van der Waals surface area contributed by atoms with E-state index in [9.17, 15) is 4.21 Å². The van der Waals surface area contributed by atoms with Gasteiger partial charge in [0.25, 0.3) is 0 Å². The quantitative estimate of drug-likeness (QED) is 0.727. The highest BCUT2D eigenvalue weighted by Gasteiger charge is 2.02. The van der Waals surface area contributed by atoms with Crippen LogP contribution in [-0.4, -0.2) is 26.0 Å². The van der Waals surface area contributed by atoms with E-state index in [1.165, 1.54) is 0 Å². The lowest BCUT2D eigenvalue weighted by Gasteiger charge is -1.95. The molecule has 0 spiro atoms. The van der Waals surface area contributed by atoms with Gasteiger partial charge in [0, 0.05) is 30.8 Å². The molecule has 0 radical (unpaired) electrons. The summed E-state index contributed by atoms with van der Waals surface area (Å²) in [6.07, 6.45) is 1.65. The lowest BCUT2D eigenvalue weighted by molar-refractivity contribution is 0.681. The van der Waals surface area contributed by atoms with Crippen molar-refractivity contribution in [2.45, 2.75) is 13.8 Å². The number of aryl methyl sites for hydroxylation is 2. The van der Waals surface area contributed by atoms with Gasteiger partial charge in [-0.15, -0.1) is 0 Å². The molecule has 0 bridgehead atoms. The SMILES string of the molecule is CC[S@@](C)(=O)=Nc1cc(C)n(C)n1. The van der Waals surface area contributed by atoms with Crippen LogP contribution in [0.5, 0.6) is 0 Å². The lowest BCUT2D eigenvalue weighted by Crippen LogP contribution is -1.98. The Kier molecular flexibility index (Phi) is 2.75. The smallest absolute Gasteiger partial charge is 0.183 e. The van der Waals surface area contributed by atoms with Crippen LogP contribution >= 0.6 is 0 Å². The molecule has 0 unspecified atom stereocenters. The van der Waals surface area contributed by atoms with Gasteiger partial charge in [-0.25, -0.2) is 4.21 Å². The molecule has 0 aliphatic heterocycles. The third-order valence-electron chi connectivity index (χ3n) is 1.92. The van der Waals surface area contributed by atoms with E-state index in [0.717, 1.165) is 5.69 Å². The van der Waals surface area contributed by atoms with E-state index in [1.807, 2.05) is 27.0 Å². The molecule has 0 aliphatic rings. The van der Waals surface area contributed by atoms with E-state index in [2.05, 4.69) is 9.46 Å². The third-order valence-corrected chi connectivity index (χ3v) is 3.57. The highest BCUT2D eigenvalue weighted by molar-refractivity contribution is 7.93. The molecule has 4 nitrogen and oxygen atoms in total. The molecule has 0 N–H and O–H groups in total. The van der Waals surface area contributed by atoms with Gasteiger partial charge >= 0.3 is 0 Å². The van der Waals surface area contributed by atoms with E-state index in [4.69, 9.17) is 0 Å². The average Bonchev–Trinajstić information content (AvgIpc) is 2.30. The molecular formula is C8H15N3OS. The van der Waals surface area contributed by atoms with Crippen molar-refractivity contribution in [2.24, 2.45) is 11.4 Å². The standard InChI is InChI=1S/C8H15N3OS/c1-5-13(4,12)10-8-6-7(2)11(3)9-8/h6H,5H2,1-4H3/t13-/m1/s1. The zero-order valence-electron chi connectivity index (χ0n) is 8.44. The highest BCUT2D eigenvalue weighted by atomic mass is 32.2. The average molecular weight is 201 g/mol. The maximum atomic E-state index is 11.6. The topological polar surface area (TPSA) is 47.2 Å². The Bertz CT molecular complexity index is 394. The van der Waals surface area contributed by atoms with Gasteiger partial charge in [-0.05, 0) is 6.92 Å². The van der Waals surface area contributed by atoms with Crippen molar-refractivity contribution >= 4 is 15.5 Å². The molecule has 0 saturated heterocycles. The van der Waals surface area contributed by atoms with Crippen molar-refractivity contribution in [1.82, 2.24) is 9.78 Å². The van der Waals surface area contributed by atoms with E-state index in [-0.39, 0.29) is 0 Å². The number of hydrogen-bond acceptors (Lipinski definition) is 3. The predicted molar refractivity (Wildman–Crippen MR) is 54.6 cm³/mol. The molecule has 5 heteroatoms. The molecule has 0 fully saturated rings. The summed E-state index contributed by atoms with van der Waals surface area (Å²) < 4.78 is 17.4. The van der Waals surface area contributed by atoms with Crippen molar-refractivity contribution in [3.63, 3.8) is 0 Å². The van der Waals surface area contributed by atoms with E-state index >= 15 is 0 Å². The maximum absolute atomic E-state index is 11.6. The van der Waals surface area contributed by atoms with Crippen molar-refractivity contribution in [3.8, 4) is 0 Å². The Morgan fingerprint density at radius 1 is 1.69 bits per heavy atom. The molecule has 74 valence electrons. The van der Waals surface area contributed by atoms with Crippen LogP contribution in [0, 0.1) is 6.92 Å². The van der Waals surface area contributed by atoms with Gasteiger partial charge in [0.15, 0.2) is 5.82 Å². The fourth-order valence-electron chi connectivity index (χ4n) is 0.849. The Morgan fingerprint density at radius 2 is 2.31 bits per heavy atom. The van der Waals surface area contributed by atoms with Crippen molar-refractivity contribution < 1.29 is 4.21 Å². The molecule has 13 heavy (non-hydrogen) atoms. The second kappa shape index (κ2) is 3.49. The van der Waals surface area contributed by atoms with Gasteiger partial charge in [-0.3, -0.25) is 4.68 Å². The van der Waals surface area contributed by atoms with Gasteiger partial charge in [-0.2, -0.15) is 9.46 Å². The fourth-order valence-corrected chi connectivity index (χ4v) is 1.46. The molecule has 1 aromatic rings. The molecule has 0 amide bonds. The molecule has 0 saturated carbocycles. The second-order valence-corrected chi connectivity index (χ2v) is 5.79. The fraction of sp³-hybridized carbons (Fsp3) is 0.625. The Hall–Kier alpha value is -0.840. The normalized spacial score (nSPS) is 15.4. The molecule has 1 heterocycles. The first-order valence-electron chi connectivity index (χ1n) is 4.15. The van der Waals surface area contributed by atoms with Crippen LogP contribution in [0.3, 0.4) is 0 Å². The first-order valence-corrected chi connectivity index (χ1v) is 6.24. The zero-order valence-corrected chi connectivity index (χ0v) is 9.26. The lowest BCUT2D eigenvalue weighted by atomic mass is 10.5. The van der Waals surface area contributed by atoms with Crippen LogP contribution in [0.25, 0.3) is 0 Å². The molecule has 0 aromatic carbocycles. The van der Waals surface area contributed by atoms with Gasteiger partial charge in [-0.1, -0.05) is 6.92 Å². The van der Waals surface area contributed by atoms with Crippen LogP contribution in [0.2, 0.25) is 0 Å². The van der Waals surface area contributed by atoms with Crippen molar-refractivity contribution in [1.29, 1.82) is 0 Å². The summed E-state index contributed by atoms with van der Waals surface area (Å²) in [6, 6.07) is 1.83. The number of nitrogens with zero attached hydrogens (tertiary/aromatic N) is 3. The molecule has 1 rings (SSSR count). The third kappa shape index (κ3) is 2.55. The number of rotatable bonds is 2. The number of hydrogen-bond donors (Lipinski definition) is 0. The summed E-state index contributed by atoms with van der Waals surface area (Å²) in [6.45, 7) is 3.80. The Morgan fingerprint density at radius 3 is 2.69 bits per heavy atom. The van der Waals surface area contributed by atoms with Gasteiger partial charge in [0.05, 0.1) is 9.73 Å². The monoisotopic (exact) mass is 201 g/mol. The molecule has 0 aliphatic carbocycles. The summed E-state index contributed by atoms with van der Waals surface area (Å²) >= 11 is 0. The molecule has 1 aromatic heterocycles. The first-order chi connectivity index (χ1) is 5.94. The minimum absolute atomic E-state index is 0.558. The number of aromatic nitrogens is 2. The van der Waals surface area contributed by atoms with Crippen molar-refractivity contribution in [3.05, 3.63) is 11.8 Å². The van der Waals surface area contributed by atoms with Crippen LogP contribution in [0.15, 0.2) is 10.4 Å². The van der Waals surface area contributed by atoms with Crippen LogP contribution < -0.4 is 0 Å². The summed E-state index contributed by atoms with van der Waals surface area (Å²) in [4.78, 5) is 0. The first kappa shape index (κ1) is 10.2. The summed E-state index contributed by atoms with van der Waals surface area (Å²) in [5.74, 6) is 1.12. The van der Waals surface area contributed by atoms with Crippen LogP contribution in [-0.2, 0) is 16.8 Å². The van der Waals surface area contributed by atoms with Crippen LogP contribution in [0.1, 0.15) is 12.6 Å². The van der Waals surface area contributed by atoms with E-state index in [1.54, 1.807) is 10.9 Å². The summed E-state index contributed by atoms with van der Waals surface area (Å²) in [5.41, 5.74) is 1.02. The second-order valence-electron chi connectivity index (χ2n) is 3.11. The van der Waals surface area contributed by atoms with Gasteiger partial charge in [0.2, 0.25) is 0 Å². The Balaban J connectivity index is 3.12. The summed E-state index contributed by atoms with van der Waals surface area (Å²) in [5, 5.41) is 4.11.